The molecule has 0 aromatic heterocycles. The third-order valence-corrected chi connectivity index (χ3v) is 8.15. The number of halogens is 1. The van der Waals surface area contributed by atoms with Crippen molar-refractivity contribution in [2.75, 3.05) is 16.4 Å². The molecule has 7 heteroatoms. The number of sulfone groups is 1. The van der Waals surface area contributed by atoms with Crippen molar-refractivity contribution in [2.45, 2.75) is 31.7 Å². The number of aliphatic imine (C=N–C) groups is 1. The fraction of sp³-hybridized carbons (Fsp3) is 0.350. The maximum absolute atomic E-state index is 12.1. The van der Waals surface area contributed by atoms with Crippen LogP contribution in [-0.4, -0.2) is 37.2 Å². The van der Waals surface area contributed by atoms with Gasteiger partial charge in [0.15, 0.2) is 15.0 Å². The van der Waals surface area contributed by atoms with E-state index in [-0.39, 0.29) is 23.6 Å². The van der Waals surface area contributed by atoms with Crippen LogP contribution in [0.5, 0.6) is 0 Å². The third-order valence-electron chi connectivity index (χ3n) is 5.16. The number of hydrogen-bond donors (Lipinski definition) is 0. The second-order valence-electron chi connectivity index (χ2n) is 7.18. The molecule has 2 aliphatic heterocycles. The Kier molecular flexibility index (Phi) is 4.99. The molecule has 27 heavy (non-hydrogen) atoms. The van der Waals surface area contributed by atoms with Gasteiger partial charge in [0.2, 0.25) is 0 Å². The monoisotopic (exact) mass is 420 g/mol. The summed E-state index contributed by atoms with van der Waals surface area (Å²) < 4.78 is 24.3. The van der Waals surface area contributed by atoms with Gasteiger partial charge in [-0.05, 0) is 54.8 Å². The molecule has 0 amide bonds. The van der Waals surface area contributed by atoms with E-state index in [0.717, 1.165) is 27.2 Å². The van der Waals surface area contributed by atoms with Crippen LogP contribution in [0.4, 0.5) is 5.69 Å². The number of fused-ring (bicyclic) bond motifs is 1. The van der Waals surface area contributed by atoms with Crippen LogP contribution in [-0.2, 0) is 15.6 Å². The zero-order chi connectivity index (χ0) is 19.2. The molecule has 2 heterocycles. The minimum Gasteiger partial charge on any atom is -0.315 e. The summed E-state index contributed by atoms with van der Waals surface area (Å²) in [5.41, 5.74) is 4.60. The number of rotatable bonds is 3. The molecule has 2 atom stereocenters. The SMILES string of the molecule is Cc1ccc(N2C(SCc3ccc(Cl)cc3)=N[C@H]3CS(=O)(=O)C[C@H]32)cc1C. The number of thioether (sulfide) groups is 1. The van der Waals surface area contributed by atoms with Gasteiger partial charge in [0.25, 0.3) is 0 Å². The Morgan fingerprint density at radius 3 is 2.56 bits per heavy atom. The van der Waals surface area contributed by atoms with E-state index < -0.39 is 9.84 Å². The minimum atomic E-state index is -3.03. The van der Waals surface area contributed by atoms with Crippen LogP contribution >= 0.6 is 23.4 Å². The van der Waals surface area contributed by atoms with E-state index in [0.29, 0.717) is 0 Å². The fourth-order valence-electron chi connectivity index (χ4n) is 3.54. The van der Waals surface area contributed by atoms with Crippen LogP contribution in [0, 0.1) is 13.8 Å². The van der Waals surface area contributed by atoms with Crippen LogP contribution in [0.25, 0.3) is 0 Å². The highest BCUT2D eigenvalue weighted by Crippen LogP contribution is 2.36. The number of hydrogen-bond acceptors (Lipinski definition) is 5. The average molecular weight is 421 g/mol. The molecule has 0 saturated carbocycles. The van der Waals surface area contributed by atoms with E-state index in [1.165, 1.54) is 11.1 Å². The van der Waals surface area contributed by atoms with Crippen molar-refractivity contribution in [1.82, 2.24) is 0 Å². The molecule has 1 saturated heterocycles. The molecular weight excluding hydrogens is 400 g/mol. The van der Waals surface area contributed by atoms with Crippen molar-refractivity contribution in [3.8, 4) is 0 Å². The molecule has 0 bridgehead atoms. The Balaban J connectivity index is 1.63. The van der Waals surface area contributed by atoms with Crippen molar-refractivity contribution in [2.24, 2.45) is 4.99 Å². The molecule has 0 spiro atoms. The summed E-state index contributed by atoms with van der Waals surface area (Å²) in [5.74, 6) is 1.08. The molecule has 0 unspecified atom stereocenters. The maximum atomic E-state index is 12.1. The van der Waals surface area contributed by atoms with Crippen LogP contribution in [0.3, 0.4) is 0 Å². The number of aryl methyl sites for hydroxylation is 2. The quantitative estimate of drug-likeness (QED) is 0.745. The first-order valence-corrected chi connectivity index (χ1v) is 12.0. The number of amidine groups is 1. The van der Waals surface area contributed by atoms with E-state index >= 15 is 0 Å². The van der Waals surface area contributed by atoms with Gasteiger partial charge < -0.3 is 4.90 Å². The molecule has 0 aliphatic carbocycles. The highest BCUT2D eigenvalue weighted by Gasteiger charge is 2.47. The Hall–Kier alpha value is -1.50. The van der Waals surface area contributed by atoms with Crippen LogP contribution in [0.15, 0.2) is 47.5 Å². The molecule has 4 rings (SSSR count). The van der Waals surface area contributed by atoms with Crippen molar-refractivity contribution in [3.05, 3.63) is 64.2 Å². The Morgan fingerprint density at radius 2 is 1.85 bits per heavy atom. The highest BCUT2D eigenvalue weighted by molar-refractivity contribution is 8.13. The molecule has 4 nitrogen and oxygen atoms in total. The van der Waals surface area contributed by atoms with E-state index in [4.69, 9.17) is 16.6 Å². The summed E-state index contributed by atoms with van der Waals surface area (Å²) in [6.45, 7) is 4.16. The zero-order valence-electron chi connectivity index (χ0n) is 15.2. The topological polar surface area (TPSA) is 49.7 Å². The van der Waals surface area contributed by atoms with E-state index in [1.807, 2.05) is 24.3 Å². The van der Waals surface area contributed by atoms with Crippen LogP contribution in [0.2, 0.25) is 5.02 Å². The van der Waals surface area contributed by atoms with Gasteiger partial charge in [-0.1, -0.05) is 41.6 Å². The lowest BCUT2D eigenvalue weighted by atomic mass is 10.1. The summed E-state index contributed by atoms with van der Waals surface area (Å²) in [7, 11) is -3.03. The summed E-state index contributed by atoms with van der Waals surface area (Å²) in [6.07, 6.45) is 0. The van der Waals surface area contributed by atoms with Crippen molar-refractivity contribution in [1.29, 1.82) is 0 Å². The molecule has 2 aromatic carbocycles. The lowest BCUT2D eigenvalue weighted by Gasteiger charge is -2.27. The van der Waals surface area contributed by atoms with Crippen molar-refractivity contribution >= 4 is 44.1 Å². The summed E-state index contributed by atoms with van der Waals surface area (Å²) >= 11 is 7.62. The van der Waals surface area contributed by atoms with Gasteiger partial charge in [-0.2, -0.15) is 0 Å². The lowest BCUT2D eigenvalue weighted by Crippen LogP contribution is -2.39. The second kappa shape index (κ2) is 7.15. The number of anilines is 1. The summed E-state index contributed by atoms with van der Waals surface area (Å²) in [4.78, 5) is 6.92. The molecule has 2 aliphatic rings. The Bertz CT molecular complexity index is 1000. The van der Waals surface area contributed by atoms with E-state index in [2.05, 4.69) is 36.9 Å². The predicted molar refractivity (Wildman–Crippen MR) is 115 cm³/mol. The van der Waals surface area contributed by atoms with Crippen LogP contribution in [0.1, 0.15) is 16.7 Å². The molecule has 2 aromatic rings. The largest absolute Gasteiger partial charge is 0.315 e. The normalized spacial score (nSPS) is 23.4. The van der Waals surface area contributed by atoms with E-state index in [9.17, 15) is 8.42 Å². The highest BCUT2D eigenvalue weighted by atomic mass is 35.5. The molecule has 1 fully saturated rings. The Labute approximate surface area is 169 Å². The van der Waals surface area contributed by atoms with Crippen molar-refractivity contribution < 1.29 is 8.42 Å². The van der Waals surface area contributed by atoms with Crippen LogP contribution < -0.4 is 4.90 Å². The molecule has 0 radical (unpaired) electrons. The van der Waals surface area contributed by atoms with Crippen molar-refractivity contribution in [3.63, 3.8) is 0 Å². The first-order valence-electron chi connectivity index (χ1n) is 8.84. The smallest absolute Gasteiger partial charge is 0.164 e. The minimum absolute atomic E-state index is 0.107. The maximum Gasteiger partial charge on any atom is 0.164 e. The first kappa shape index (κ1) is 18.8. The average Bonchev–Trinajstić information content (AvgIpc) is 3.08. The molecule has 142 valence electrons. The lowest BCUT2D eigenvalue weighted by molar-refractivity contribution is 0.601. The summed E-state index contributed by atoms with van der Waals surface area (Å²) in [6, 6.07) is 13.8. The first-order chi connectivity index (χ1) is 12.8. The van der Waals surface area contributed by atoms with Gasteiger partial charge in [-0.15, -0.1) is 0 Å². The van der Waals surface area contributed by atoms with Gasteiger partial charge in [0.1, 0.15) is 0 Å². The van der Waals surface area contributed by atoms with Gasteiger partial charge >= 0.3 is 0 Å². The number of benzene rings is 2. The Morgan fingerprint density at radius 1 is 1.11 bits per heavy atom. The standard InChI is InChI=1S/C20H21ClN2O2S2/c1-13-3-8-17(9-14(13)2)23-19-12-27(24,25)11-18(19)22-20(23)26-10-15-4-6-16(21)7-5-15/h3-9,18-19H,10-12H2,1-2H3/t18-,19+/m0/s1. The van der Waals surface area contributed by atoms with Gasteiger partial charge in [0.05, 0.1) is 23.6 Å². The van der Waals surface area contributed by atoms with E-state index in [1.54, 1.807) is 11.8 Å². The second-order valence-corrected chi connectivity index (χ2v) is 10.7. The van der Waals surface area contributed by atoms with Gasteiger partial charge in [-0.25, -0.2) is 8.42 Å². The van der Waals surface area contributed by atoms with Gasteiger partial charge in [-0.3, -0.25) is 4.99 Å². The fourth-order valence-corrected chi connectivity index (χ4v) is 6.59. The summed E-state index contributed by atoms with van der Waals surface area (Å²) in [5, 5.41) is 1.62. The third kappa shape index (κ3) is 3.89. The molecule has 0 N–H and O–H groups in total. The number of nitrogens with zero attached hydrogens (tertiary/aromatic N) is 2. The zero-order valence-corrected chi connectivity index (χ0v) is 17.6. The predicted octanol–water partition coefficient (Wildman–Crippen LogP) is 4.23. The molecular formula is C20H21ClN2O2S2. The van der Waals surface area contributed by atoms with Gasteiger partial charge in [0, 0.05) is 16.5 Å².